The van der Waals surface area contributed by atoms with Gasteiger partial charge in [-0.25, -0.2) is 0 Å². The molecule has 0 saturated carbocycles. The van der Waals surface area contributed by atoms with Gasteiger partial charge in [0, 0.05) is 33.7 Å². The number of hydrogen-bond acceptors (Lipinski definition) is 2. The van der Waals surface area contributed by atoms with E-state index in [0.717, 1.165) is 20.9 Å². The number of fused-ring (bicyclic) bond motifs is 1. The van der Waals surface area contributed by atoms with Gasteiger partial charge in [0.2, 0.25) is 0 Å². The van der Waals surface area contributed by atoms with Crippen LogP contribution in [0.3, 0.4) is 0 Å². The van der Waals surface area contributed by atoms with Crippen LogP contribution >= 0.6 is 28.1 Å². The van der Waals surface area contributed by atoms with Crippen molar-refractivity contribution in [3.8, 4) is 0 Å². The van der Waals surface area contributed by atoms with Crippen LogP contribution in [0.25, 0.3) is 10.9 Å². The highest BCUT2D eigenvalue weighted by atomic mass is 79.9. The summed E-state index contributed by atoms with van der Waals surface area (Å²) in [7, 11) is 0. The maximum Gasteiger partial charge on any atom is 0.187 e. The summed E-state index contributed by atoms with van der Waals surface area (Å²) in [6, 6.07) is 16.2. The second-order valence-electron chi connectivity index (χ2n) is 4.97. The van der Waals surface area contributed by atoms with E-state index in [9.17, 15) is 0 Å². The number of H-pyrrole nitrogens is 1. The molecule has 3 aromatic rings. The third-order valence-corrected chi connectivity index (χ3v) is 4.07. The lowest BCUT2D eigenvalue weighted by atomic mass is 10.2. The summed E-state index contributed by atoms with van der Waals surface area (Å²) < 4.78 is 1.03. The fourth-order valence-electron chi connectivity index (χ4n) is 2.20. The highest BCUT2D eigenvalue weighted by molar-refractivity contribution is 9.10. The van der Waals surface area contributed by atoms with Crippen LogP contribution in [-0.4, -0.2) is 16.3 Å². The number of halogens is 1. The van der Waals surface area contributed by atoms with Gasteiger partial charge in [-0.3, -0.25) is 5.43 Å². The summed E-state index contributed by atoms with van der Waals surface area (Å²) in [6.07, 6.45) is 3.67. The molecular weight excluding hydrogens is 372 g/mol. The number of hydrogen-bond donors (Lipinski definition) is 3. The van der Waals surface area contributed by atoms with Crippen molar-refractivity contribution in [2.45, 2.75) is 6.54 Å². The van der Waals surface area contributed by atoms with E-state index in [-0.39, 0.29) is 0 Å². The predicted molar refractivity (Wildman–Crippen MR) is 103 cm³/mol. The van der Waals surface area contributed by atoms with Gasteiger partial charge in [0.15, 0.2) is 5.11 Å². The largest absolute Gasteiger partial charge is 0.361 e. The zero-order valence-electron chi connectivity index (χ0n) is 12.2. The number of hydrazone groups is 1. The summed E-state index contributed by atoms with van der Waals surface area (Å²) in [5.41, 5.74) is 6.07. The fraction of sp³-hybridized carbons (Fsp3) is 0.0588. The SMILES string of the molecule is S=C(NCc1ccccc1)N/N=C/c1c[nH]c2ccc(Br)cc12. The minimum Gasteiger partial charge on any atom is -0.361 e. The van der Waals surface area contributed by atoms with Crippen LogP contribution in [0.1, 0.15) is 11.1 Å². The van der Waals surface area contributed by atoms with Crippen LogP contribution in [0.5, 0.6) is 0 Å². The Kier molecular flexibility index (Phi) is 5.05. The molecule has 2 aromatic carbocycles. The average Bonchev–Trinajstić information content (AvgIpc) is 2.96. The third-order valence-electron chi connectivity index (χ3n) is 3.34. The Bertz CT molecular complexity index is 842. The molecule has 116 valence electrons. The average molecular weight is 387 g/mol. The summed E-state index contributed by atoms with van der Waals surface area (Å²) in [4.78, 5) is 3.21. The highest BCUT2D eigenvalue weighted by Crippen LogP contribution is 2.21. The van der Waals surface area contributed by atoms with Crippen LogP contribution < -0.4 is 10.7 Å². The highest BCUT2D eigenvalue weighted by Gasteiger charge is 2.02. The first kappa shape index (κ1) is 15.7. The van der Waals surface area contributed by atoms with Gasteiger partial charge < -0.3 is 10.3 Å². The lowest BCUT2D eigenvalue weighted by Gasteiger charge is -2.06. The smallest absolute Gasteiger partial charge is 0.187 e. The maximum atomic E-state index is 5.21. The zero-order chi connectivity index (χ0) is 16.1. The van der Waals surface area contributed by atoms with Crippen LogP contribution in [0.15, 0.2) is 64.3 Å². The summed E-state index contributed by atoms with van der Waals surface area (Å²) in [6.45, 7) is 0.669. The Hall–Kier alpha value is -2.18. The molecule has 23 heavy (non-hydrogen) atoms. The van der Waals surface area contributed by atoms with Crippen molar-refractivity contribution >= 4 is 50.4 Å². The van der Waals surface area contributed by atoms with E-state index in [1.54, 1.807) is 6.21 Å². The Morgan fingerprint density at radius 1 is 1.22 bits per heavy atom. The summed E-state index contributed by atoms with van der Waals surface area (Å²) >= 11 is 8.69. The molecule has 0 fully saturated rings. The zero-order valence-corrected chi connectivity index (χ0v) is 14.6. The van der Waals surface area contributed by atoms with Crippen molar-refractivity contribution in [3.05, 3.63) is 70.3 Å². The van der Waals surface area contributed by atoms with E-state index < -0.39 is 0 Å². The number of aromatic nitrogens is 1. The number of thiocarbonyl (C=S) groups is 1. The standard InChI is InChI=1S/C17H15BrN4S/c18-14-6-7-16-15(8-14)13(10-19-16)11-21-22-17(23)20-9-12-4-2-1-3-5-12/h1-8,10-11,19H,9H2,(H2,20,22,23)/b21-11+. The van der Waals surface area contributed by atoms with Crippen molar-refractivity contribution in [1.29, 1.82) is 0 Å². The van der Waals surface area contributed by atoms with Gasteiger partial charge in [0.1, 0.15) is 0 Å². The van der Waals surface area contributed by atoms with Crippen LogP contribution in [0, 0.1) is 0 Å². The Labute approximate surface area is 148 Å². The predicted octanol–water partition coefficient (Wildman–Crippen LogP) is 3.93. The van der Waals surface area contributed by atoms with E-state index in [4.69, 9.17) is 12.2 Å². The van der Waals surface area contributed by atoms with E-state index in [0.29, 0.717) is 11.7 Å². The maximum absolute atomic E-state index is 5.21. The van der Waals surface area contributed by atoms with Crippen molar-refractivity contribution in [1.82, 2.24) is 15.7 Å². The second-order valence-corrected chi connectivity index (χ2v) is 6.30. The molecule has 0 unspecified atom stereocenters. The van der Waals surface area contributed by atoms with Crippen molar-refractivity contribution in [3.63, 3.8) is 0 Å². The molecule has 0 spiro atoms. The Morgan fingerprint density at radius 3 is 2.87 bits per heavy atom. The molecular formula is C17H15BrN4S. The van der Waals surface area contributed by atoms with E-state index >= 15 is 0 Å². The lowest BCUT2D eigenvalue weighted by Crippen LogP contribution is -2.31. The third kappa shape index (κ3) is 4.18. The molecule has 0 bridgehead atoms. The first-order valence-corrected chi connectivity index (χ1v) is 8.30. The van der Waals surface area contributed by atoms with Crippen molar-refractivity contribution in [2.24, 2.45) is 5.10 Å². The van der Waals surface area contributed by atoms with Gasteiger partial charge in [-0.1, -0.05) is 46.3 Å². The van der Waals surface area contributed by atoms with Gasteiger partial charge >= 0.3 is 0 Å². The van der Waals surface area contributed by atoms with Crippen LogP contribution in [0.4, 0.5) is 0 Å². The minimum atomic E-state index is 0.492. The molecule has 0 saturated heterocycles. The molecule has 0 aliphatic carbocycles. The second kappa shape index (κ2) is 7.39. The number of nitrogens with zero attached hydrogens (tertiary/aromatic N) is 1. The molecule has 6 heteroatoms. The molecule has 0 aliphatic heterocycles. The molecule has 1 heterocycles. The van der Waals surface area contributed by atoms with Crippen LogP contribution in [-0.2, 0) is 6.54 Å². The van der Waals surface area contributed by atoms with Gasteiger partial charge in [0.25, 0.3) is 0 Å². The van der Waals surface area contributed by atoms with Gasteiger partial charge in [-0.15, -0.1) is 0 Å². The lowest BCUT2D eigenvalue weighted by molar-refractivity contribution is 0.869. The first-order valence-electron chi connectivity index (χ1n) is 7.10. The molecule has 0 aliphatic rings. The fourth-order valence-corrected chi connectivity index (χ4v) is 2.69. The van der Waals surface area contributed by atoms with E-state index in [1.807, 2.05) is 48.7 Å². The van der Waals surface area contributed by atoms with Gasteiger partial charge in [-0.05, 0) is 36.0 Å². The molecule has 0 amide bonds. The Morgan fingerprint density at radius 2 is 2.04 bits per heavy atom. The topological polar surface area (TPSA) is 52.2 Å². The number of aromatic amines is 1. The summed E-state index contributed by atoms with van der Waals surface area (Å²) in [5, 5.41) is 8.90. The number of rotatable bonds is 4. The van der Waals surface area contributed by atoms with Gasteiger partial charge in [0.05, 0.1) is 6.21 Å². The molecule has 3 rings (SSSR count). The molecule has 3 N–H and O–H groups in total. The Balaban J connectivity index is 1.57. The first-order chi connectivity index (χ1) is 11.2. The molecule has 1 aromatic heterocycles. The van der Waals surface area contributed by atoms with E-state index in [1.165, 1.54) is 5.56 Å². The minimum absolute atomic E-state index is 0.492. The molecule has 0 atom stereocenters. The van der Waals surface area contributed by atoms with Gasteiger partial charge in [-0.2, -0.15) is 5.10 Å². The number of benzene rings is 2. The van der Waals surface area contributed by atoms with Crippen molar-refractivity contribution < 1.29 is 0 Å². The van der Waals surface area contributed by atoms with Crippen molar-refractivity contribution in [2.75, 3.05) is 0 Å². The van der Waals surface area contributed by atoms with Crippen LogP contribution in [0.2, 0.25) is 0 Å². The normalized spacial score (nSPS) is 11.0. The summed E-state index contributed by atoms with van der Waals surface area (Å²) in [5.74, 6) is 0. The molecule has 4 nitrogen and oxygen atoms in total. The quantitative estimate of drug-likeness (QED) is 0.361. The number of nitrogens with one attached hydrogen (secondary N) is 3. The molecule has 0 radical (unpaired) electrons. The monoisotopic (exact) mass is 386 g/mol. The van der Waals surface area contributed by atoms with E-state index in [2.05, 4.69) is 42.8 Å².